The number of hydrogen-bond donors (Lipinski definition) is 3. The van der Waals surface area contributed by atoms with E-state index in [1.54, 1.807) is 6.92 Å². The van der Waals surface area contributed by atoms with E-state index in [4.69, 9.17) is 0 Å². The first-order valence-corrected chi connectivity index (χ1v) is 4.99. The normalized spacial score (nSPS) is 18.3. The van der Waals surface area contributed by atoms with Crippen LogP contribution >= 0.6 is 0 Å². The summed E-state index contributed by atoms with van der Waals surface area (Å²) in [6.45, 7) is 2.00. The van der Waals surface area contributed by atoms with Crippen molar-refractivity contribution in [2.45, 2.75) is 31.8 Å². The van der Waals surface area contributed by atoms with E-state index in [-0.39, 0.29) is 18.3 Å². The number of aromatic amines is 1. The van der Waals surface area contributed by atoms with Crippen LogP contribution in [0.25, 0.3) is 0 Å². The lowest BCUT2D eigenvalue weighted by Gasteiger charge is -2.36. The number of nitrogens with zero attached hydrogens (tertiary/aromatic N) is 2. The highest BCUT2D eigenvalue weighted by atomic mass is 16.3. The Labute approximate surface area is 87.1 Å². The van der Waals surface area contributed by atoms with Crippen LogP contribution in [-0.2, 0) is 0 Å². The summed E-state index contributed by atoms with van der Waals surface area (Å²) in [6.07, 6.45) is 2.52. The molecule has 1 aliphatic rings. The molecule has 0 aliphatic heterocycles. The zero-order chi connectivity index (χ0) is 10.9. The zero-order valence-corrected chi connectivity index (χ0v) is 8.58. The van der Waals surface area contributed by atoms with Crippen molar-refractivity contribution < 1.29 is 9.90 Å². The molecule has 2 rings (SSSR count). The number of hydrogen-bond acceptors (Lipinski definition) is 4. The summed E-state index contributed by atoms with van der Waals surface area (Å²) in [5, 5.41) is 18.7. The van der Waals surface area contributed by atoms with Crippen LogP contribution in [0.1, 0.15) is 35.7 Å². The van der Waals surface area contributed by atoms with Gasteiger partial charge in [-0.1, -0.05) is 0 Å². The predicted octanol–water partition coefficient (Wildman–Crippen LogP) is -0.242. The highest BCUT2D eigenvalue weighted by Crippen LogP contribution is 2.30. The first-order chi connectivity index (χ1) is 7.09. The summed E-state index contributed by atoms with van der Waals surface area (Å²) >= 11 is 0. The van der Waals surface area contributed by atoms with Gasteiger partial charge in [0.2, 0.25) is 5.82 Å². The molecular formula is C9H14N4O2. The van der Waals surface area contributed by atoms with Crippen molar-refractivity contribution >= 4 is 5.91 Å². The van der Waals surface area contributed by atoms with Gasteiger partial charge in [-0.05, 0) is 26.2 Å². The molecule has 15 heavy (non-hydrogen) atoms. The van der Waals surface area contributed by atoms with Gasteiger partial charge in [-0.15, -0.1) is 5.10 Å². The number of carbonyl (C=O) groups excluding carboxylic acids is 1. The van der Waals surface area contributed by atoms with E-state index in [2.05, 4.69) is 20.5 Å². The van der Waals surface area contributed by atoms with E-state index in [1.807, 2.05) is 0 Å². The van der Waals surface area contributed by atoms with Crippen LogP contribution < -0.4 is 5.32 Å². The fourth-order valence-corrected chi connectivity index (χ4v) is 1.53. The first-order valence-electron chi connectivity index (χ1n) is 4.99. The Balaban J connectivity index is 1.87. The molecule has 0 atom stereocenters. The molecular weight excluding hydrogens is 196 g/mol. The van der Waals surface area contributed by atoms with Gasteiger partial charge >= 0.3 is 0 Å². The molecule has 1 aromatic rings. The number of aliphatic hydroxyl groups is 1. The van der Waals surface area contributed by atoms with E-state index in [0.29, 0.717) is 5.82 Å². The average Bonchev–Trinajstić information content (AvgIpc) is 2.58. The third-order valence-electron chi connectivity index (χ3n) is 2.66. The molecule has 3 N–H and O–H groups in total. The standard InChI is InChI=1S/C9H14N4O2/c1-6-11-7(13-12-6)8(14)10-5-9(15)3-2-4-9/h15H,2-5H2,1H3,(H,10,14)(H,11,12,13). The molecule has 0 saturated heterocycles. The number of carbonyl (C=O) groups is 1. The summed E-state index contributed by atoms with van der Waals surface area (Å²) in [5.74, 6) is 0.373. The van der Waals surface area contributed by atoms with Crippen LogP contribution in [-0.4, -0.2) is 38.3 Å². The lowest BCUT2D eigenvalue weighted by molar-refractivity contribution is -0.0301. The van der Waals surface area contributed by atoms with Crippen LogP contribution in [0.4, 0.5) is 0 Å². The summed E-state index contributed by atoms with van der Waals surface area (Å²) in [5.41, 5.74) is -0.707. The Kier molecular flexibility index (Phi) is 2.44. The van der Waals surface area contributed by atoms with Gasteiger partial charge in [0.05, 0.1) is 5.60 Å². The quantitative estimate of drug-likeness (QED) is 0.642. The second-order valence-electron chi connectivity index (χ2n) is 4.00. The Bertz CT molecular complexity index is 370. The minimum Gasteiger partial charge on any atom is -0.388 e. The van der Waals surface area contributed by atoms with E-state index < -0.39 is 5.60 Å². The third-order valence-corrected chi connectivity index (χ3v) is 2.66. The maximum Gasteiger partial charge on any atom is 0.291 e. The van der Waals surface area contributed by atoms with E-state index in [0.717, 1.165) is 19.3 Å². The fraction of sp³-hybridized carbons (Fsp3) is 0.667. The zero-order valence-electron chi connectivity index (χ0n) is 8.58. The number of amides is 1. The SMILES string of the molecule is Cc1nc(C(=O)NCC2(O)CCC2)n[nH]1. The predicted molar refractivity (Wildman–Crippen MR) is 52.3 cm³/mol. The summed E-state index contributed by atoms with van der Waals surface area (Å²) in [6, 6.07) is 0. The molecule has 1 amide bonds. The van der Waals surface area contributed by atoms with Gasteiger partial charge in [0.1, 0.15) is 5.82 Å². The molecule has 1 saturated carbocycles. The van der Waals surface area contributed by atoms with Crippen LogP contribution in [0, 0.1) is 6.92 Å². The van der Waals surface area contributed by atoms with E-state index >= 15 is 0 Å². The fourth-order valence-electron chi connectivity index (χ4n) is 1.53. The first kappa shape index (κ1) is 10.1. The minimum absolute atomic E-state index is 0.121. The van der Waals surface area contributed by atoms with Crippen molar-refractivity contribution in [1.82, 2.24) is 20.5 Å². The van der Waals surface area contributed by atoms with Crippen molar-refractivity contribution in [2.75, 3.05) is 6.54 Å². The minimum atomic E-state index is -0.707. The smallest absolute Gasteiger partial charge is 0.291 e. The molecule has 0 aromatic carbocycles. The molecule has 0 spiro atoms. The van der Waals surface area contributed by atoms with Gasteiger partial charge < -0.3 is 10.4 Å². The molecule has 1 heterocycles. The van der Waals surface area contributed by atoms with Gasteiger partial charge in [-0.25, -0.2) is 4.98 Å². The topological polar surface area (TPSA) is 90.9 Å². The Morgan fingerprint density at radius 3 is 2.87 bits per heavy atom. The highest BCUT2D eigenvalue weighted by Gasteiger charge is 2.34. The lowest BCUT2D eigenvalue weighted by atomic mass is 9.80. The van der Waals surface area contributed by atoms with Crippen molar-refractivity contribution in [1.29, 1.82) is 0 Å². The van der Waals surface area contributed by atoms with Crippen molar-refractivity contribution in [2.24, 2.45) is 0 Å². The third kappa shape index (κ3) is 2.15. The number of nitrogens with one attached hydrogen (secondary N) is 2. The summed E-state index contributed by atoms with van der Waals surface area (Å²) in [4.78, 5) is 15.4. The van der Waals surface area contributed by atoms with Gasteiger partial charge in [-0.2, -0.15) is 0 Å². The van der Waals surface area contributed by atoms with Crippen LogP contribution in [0.2, 0.25) is 0 Å². The molecule has 82 valence electrons. The maximum absolute atomic E-state index is 11.5. The van der Waals surface area contributed by atoms with Gasteiger partial charge in [-0.3, -0.25) is 9.89 Å². The average molecular weight is 210 g/mol. The van der Waals surface area contributed by atoms with E-state index in [1.165, 1.54) is 0 Å². The van der Waals surface area contributed by atoms with E-state index in [9.17, 15) is 9.90 Å². The Morgan fingerprint density at radius 1 is 1.67 bits per heavy atom. The second-order valence-corrected chi connectivity index (χ2v) is 4.00. The van der Waals surface area contributed by atoms with Crippen molar-refractivity contribution in [3.63, 3.8) is 0 Å². The second kappa shape index (κ2) is 3.62. The molecule has 1 aromatic heterocycles. The summed E-state index contributed by atoms with van der Waals surface area (Å²) < 4.78 is 0. The summed E-state index contributed by atoms with van der Waals surface area (Å²) in [7, 11) is 0. The lowest BCUT2D eigenvalue weighted by Crippen LogP contribution is -2.47. The van der Waals surface area contributed by atoms with Crippen LogP contribution in [0.3, 0.4) is 0 Å². The highest BCUT2D eigenvalue weighted by molar-refractivity contribution is 5.90. The molecule has 1 aliphatic carbocycles. The molecule has 6 nitrogen and oxygen atoms in total. The molecule has 1 fully saturated rings. The van der Waals surface area contributed by atoms with Crippen LogP contribution in [0.5, 0.6) is 0 Å². The Morgan fingerprint density at radius 2 is 2.40 bits per heavy atom. The van der Waals surface area contributed by atoms with Crippen molar-refractivity contribution in [3.05, 3.63) is 11.6 Å². The van der Waals surface area contributed by atoms with Gasteiger partial charge in [0.15, 0.2) is 0 Å². The largest absolute Gasteiger partial charge is 0.388 e. The molecule has 0 unspecified atom stereocenters. The maximum atomic E-state index is 11.5. The monoisotopic (exact) mass is 210 g/mol. The number of aryl methyl sites for hydroxylation is 1. The van der Waals surface area contributed by atoms with Gasteiger partial charge in [0.25, 0.3) is 5.91 Å². The number of rotatable bonds is 3. The molecule has 6 heteroatoms. The van der Waals surface area contributed by atoms with Gasteiger partial charge in [0, 0.05) is 6.54 Å². The van der Waals surface area contributed by atoms with Crippen molar-refractivity contribution in [3.8, 4) is 0 Å². The Hall–Kier alpha value is -1.43. The molecule has 0 bridgehead atoms. The van der Waals surface area contributed by atoms with Crippen LogP contribution in [0.15, 0.2) is 0 Å². The molecule has 0 radical (unpaired) electrons. The number of aromatic nitrogens is 3. The number of H-pyrrole nitrogens is 1.